The minimum absolute atomic E-state index is 0.191. The molecule has 2 nitrogen and oxygen atoms in total. The van der Waals surface area contributed by atoms with Gasteiger partial charge in [0.05, 0.1) is 0 Å². The Labute approximate surface area is 101 Å². The molecule has 1 fully saturated rings. The molecule has 0 aromatic heterocycles. The van der Waals surface area contributed by atoms with Crippen molar-refractivity contribution in [1.29, 1.82) is 0 Å². The highest BCUT2D eigenvalue weighted by Crippen LogP contribution is 2.18. The van der Waals surface area contributed by atoms with Gasteiger partial charge in [0.2, 0.25) is 5.91 Å². The van der Waals surface area contributed by atoms with E-state index >= 15 is 0 Å². The van der Waals surface area contributed by atoms with Gasteiger partial charge in [-0.3, -0.25) is 4.79 Å². The molecule has 1 heterocycles. The van der Waals surface area contributed by atoms with Gasteiger partial charge < -0.3 is 5.32 Å². The SMILES string of the molecule is O=C1CCC(Cc2ccc3ccccc3c2)N1. The second kappa shape index (κ2) is 4.21. The molecule has 0 radical (unpaired) electrons. The fraction of sp³-hybridized carbons (Fsp3) is 0.267. The largest absolute Gasteiger partial charge is 0.353 e. The molecule has 1 saturated heterocycles. The van der Waals surface area contributed by atoms with Crippen molar-refractivity contribution in [3.8, 4) is 0 Å². The maximum absolute atomic E-state index is 11.1. The number of nitrogens with one attached hydrogen (secondary N) is 1. The van der Waals surface area contributed by atoms with Crippen molar-refractivity contribution in [2.45, 2.75) is 25.3 Å². The van der Waals surface area contributed by atoms with Crippen LogP contribution in [0.25, 0.3) is 10.8 Å². The van der Waals surface area contributed by atoms with Crippen LogP contribution < -0.4 is 5.32 Å². The fourth-order valence-electron chi connectivity index (χ4n) is 2.48. The van der Waals surface area contributed by atoms with Crippen LogP contribution in [0.1, 0.15) is 18.4 Å². The second-order valence-corrected chi connectivity index (χ2v) is 4.69. The highest BCUT2D eigenvalue weighted by atomic mass is 16.1. The van der Waals surface area contributed by atoms with E-state index in [4.69, 9.17) is 0 Å². The number of benzene rings is 2. The van der Waals surface area contributed by atoms with Crippen molar-refractivity contribution in [2.75, 3.05) is 0 Å². The van der Waals surface area contributed by atoms with Crippen LogP contribution in [0.4, 0.5) is 0 Å². The van der Waals surface area contributed by atoms with Crippen LogP contribution in [0.3, 0.4) is 0 Å². The van der Waals surface area contributed by atoms with E-state index in [0.717, 1.165) is 12.8 Å². The third-order valence-electron chi connectivity index (χ3n) is 3.38. The Morgan fingerprint density at radius 2 is 1.94 bits per heavy atom. The first kappa shape index (κ1) is 10.3. The van der Waals surface area contributed by atoms with Crippen molar-refractivity contribution in [1.82, 2.24) is 5.32 Å². The van der Waals surface area contributed by atoms with Crippen LogP contribution in [-0.4, -0.2) is 11.9 Å². The van der Waals surface area contributed by atoms with Gasteiger partial charge in [0.25, 0.3) is 0 Å². The van der Waals surface area contributed by atoms with Crippen LogP contribution in [-0.2, 0) is 11.2 Å². The molecule has 0 saturated carbocycles. The number of carbonyl (C=O) groups excluding carboxylic acids is 1. The van der Waals surface area contributed by atoms with Crippen molar-refractivity contribution in [3.05, 3.63) is 48.0 Å². The van der Waals surface area contributed by atoms with Gasteiger partial charge >= 0.3 is 0 Å². The number of hydrogen-bond donors (Lipinski definition) is 1. The smallest absolute Gasteiger partial charge is 0.220 e. The quantitative estimate of drug-likeness (QED) is 0.836. The molecule has 1 amide bonds. The van der Waals surface area contributed by atoms with E-state index in [2.05, 4.69) is 47.8 Å². The Kier molecular flexibility index (Phi) is 2.56. The Morgan fingerprint density at radius 3 is 2.71 bits per heavy atom. The van der Waals surface area contributed by atoms with E-state index in [1.807, 2.05) is 0 Å². The third kappa shape index (κ3) is 2.16. The molecule has 1 aliphatic rings. The van der Waals surface area contributed by atoms with Crippen molar-refractivity contribution in [2.24, 2.45) is 0 Å². The molecule has 0 spiro atoms. The molecule has 1 atom stereocenters. The molecule has 86 valence electrons. The maximum Gasteiger partial charge on any atom is 0.220 e. The minimum atomic E-state index is 0.191. The lowest BCUT2D eigenvalue weighted by molar-refractivity contribution is -0.119. The highest BCUT2D eigenvalue weighted by molar-refractivity contribution is 5.83. The highest BCUT2D eigenvalue weighted by Gasteiger charge is 2.20. The fourth-order valence-corrected chi connectivity index (χ4v) is 2.48. The zero-order chi connectivity index (χ0) is 11.7. The van der Waals surface area contributed by atoms with E-state index < -0.39 is 0 Å². The minimum Gasteiger partial charge on any atom is -0.353 e. The summed E-state index contributed by atoms with van der Waals surface area (Å²) in [6, 6.07) is 15.2. The number of carbonyl (C=O) groups is 1. The van der Waals surface area contributed by atoms with Crippen LogP contribution in [0, 0.1) is 0 Å². The summed E-state index contributed by atoms with van der Waals surface area (Å²) in [5.41, 5.74) is 1.30. The Morgan fingerprint density at radius 1 is 1.12 bits per heavy atom. The zero-order valence-electron chi connectivity index (χ0n) is 9.65. The van der Waals surface area contributed by atoms with Crippen LogP contribution in [0.15, 0.2) is 42.5 Å². The van der Waals surface area contributed by atoms with Crippen molar-refractivity contribution in [3.63, 3.8) is 0 Å². The first-order chi connectivity index (χ1) is 8.31. The molecule has 17 heavy (non-hydrogen) atoms. The van der Waals surface area contributed by atoms with Gasteiger partial charge in [-0.15, -0.1) is 0 Å². The molecule has 2 aromatic carbocycles. The predicted octanol–water partition coefficient (Wildman–Crippen LogP) is 2.66. The summed E-state index contributed by atoms with van der Waals surface area (Å²) >= 11 is 0. The average molecular weight is 225 g/mol. The van der Waals surface area contributed by atoms with E-state index in [1.165, 1.54) is 16.3 Å². The second-order valence-electron chi connectivity index (χ2n) is 4.69. The Balaban J connectivity index is 1.83. The molecule has 0 aliphatic carbocycles. The molecular weight excluding hydrogens is 210 g/mol. The summed E-state index contributed by atoms with van der Waals surface area (Å²) in [5, 5.41) is 5.55. The van der Waals surface area contributed by atoms with Crippen LogP contribution >= 0.6 is 0 Å². The molecular formula is C15H15NO. The van der Waals surface area contributed by atoms with Gasteiger partial charge in [-0.05, 0) is 29.2 Å². The van der Waals surface area contributed by atoms with Gasteiger partial charge in [-0.25, -0.2) is 0 Å². The molecule has 2 heteroatoms. The molecule has 1 aliphatic heterocycles. The monoisotopic (exact) mass is 225 g/mol. The maximum atomic E-state index is 11.1. The van der Waals surface area contributed by atoms with E-state index in [-0.39, 0.29) is 5.91 Å². The summed E-state index contributed by atoms with van der Waals surface area (Å²) in [6.45, 7) is 0. The predicted molar refractivity (Wildman–Crippen MR) is 68.8 cm³/mol. The summed E-state index contributed by atoms with van der Waals surface area (Å²) in [6.07, 6.45) is 2.58. The zero-order valence-corrected chi connectivity index (χ0v) is 9.65. The lowest BCUT2D eigenvalue weighted by Crippen LogP contribution is -2.27. The average Bonchev–Trinajstić information content (AvgIpc) is 2.75. The summed E-state index contributed by atoms with van der Waals surface area (Å²) in [5.74, 6) is 0.191. The van der Waals surface area contributed by atoms with Crippen LogP contribution in [0.5, 0.6) is 0 Å². The number of hydrogen-bond acceptors (Lipinski definition) is 1. The van der Waals surface area contributed by atoms with E-state index in [1.54, 1.807) is 0 Å². The lowest BCUT2D eigenvalue weighted by atomic mass is 10.0. The Bertz CT molecular complexity index is 562. The first-order valence-electron chi connectivity index (χ1n) is 6.08. The topological polar surface area (TPSA) is 29.1 Å². The molecule has 1 N–H and O–H groups in total. The summed E-state index contributed by atoms with van der Waals surface area (Å²) < 4.78 is 0. The molecule has 2 aromatic rings. The van der Waals surface area contributed by atoms with Gasteiger partial charge in [0, 0.05) is 12.5 Å². The van der Waals surface area contributed by atoms with Crippen molar-refractivity contribution >= 4 is 16.7 Å². The number of rotatable bonds is 2. The van der Waals surface area contributed by atoms with Gasteiger partial charge in [-0.1, -0.05) is 42.5 Å². The van der Waals surface area contributed by atoms with Gasteiger partial charge in [-0.2, -0.15) is 0 Å². The standard InChI is InChI=1S/C15H15NO/c17-15-8-7-14(16-15)10-11-5-6-12-3-1-2-4-13(12)9-11/h1-6,9,14H,7-8,10H2,(H,16,17). The molecule has 3 rings (SSSR count). The molecule has 0 bridgehead atoms. The van der Waals surface area contributed by atoms with Gasteiger partial charge in [0.1, 0.15) is 0 Å². The van der Waals surface area contributed by atoms with Crippen LogP contribution in [0.2, 0.25) is 0 Å². The number of fused-ring (bicyclic) bond motifs is 1. The molecule has 1 unspecified atom stereocenters. The lowest BCUT2D eigenvalue weighted by Gasteiger charge is -2.10. The van der Waals surface area contributed by atoms with Crippen molar-refractivity contribution < 1.29 is 4.79 Å². The third-order valence-corrected chi connectivity index (χ3v) is 3.38. The van der Waals surface area contributed by atoms with Gasteiger partial charge in [0.15, 0.2) is 0 Å². The summed E-state index contributed by atoms with van der Waals surface area (Å²) in [7, 11) is 0. The van der Waals surface area contributed by atoms with E-state index in [9.17, 15) is 4.79 Å². The normalized spacial score (nSPS) is 19.5. The van der Waals surface area contributed by atoms with E-state index in [0.29, 0.717) is 12.5 Å². The number of amides is 1. The first-order valence-corrected chi connectivity index (χ1v) is 6.08. The Hall–Kier alpha value is -1.83. The summed E-state index contributed by atoms with van der Waals surface area (Å²) in [4.78, 5) is 11.1.